The predicted octanol–water partition coefficient (Wildman–Crippen LogP) is 2.64. The number of ether oxygens (including phenoxy) is 1. The second-order valence-electron chi connectivity index (χ2n) is 7.94. The lowest BCUT2D eigenvalue weighted by Gasteiger charge is -2.49. The molecule has 2 atom stereocenters. The van der Waals surface area contributed by atoms with Crippen LogP contribution in [0.2, 0.25) is 0 Å². The third kappa shape index (κ3) is 6.40. The van der Waals surface area contributed by atoms with Crippen LogP contribution < -0.4 is 5.32 Å². The third-order valence-corrected chi connectivity index (χ3v) is 7.78. The van der Waals surface area contributed by atoms with E-state index in [-0.39, 0.29) is 42.8 Å². The Balaban J connectivity index is 0.00000361. The smallest absolute Gasteiger partial charge is 0.352 e. The fourth-order valence-corrected chi connectivity index (χ4v) is 5.88. The monoisotopic (exact) mass is 549 g/mol. The van der Waals surface area contributed by atoms with Gasteiger partial charge in [0.2, 0.25) is 5.91 Å². The highest BCUT2D eigenvalue weighted by Gasteiger charge is 2.54. The van der Waals surface area contributed by atoms with Gasteiger partial charge in [0.1, 0.15) is 23.7 Å². The maximum Gasteiger partial charge on any atom is 0.352 e. The van der Waals surface area contributed by atoms with Gasteiger partial charge in [-0.15, -0.1) is 35.9 Å². The number of pyridine rings is 1. The molecular weight excluding hydrogens is 526 g/mol. The van der Waals surface area contributed by atoms with E-state index in [0.29, 0.717) is 5.57 Å². The van der Waals surface area contributed by atoms with Crippen molar-refractivity contribution in [2.75, 3.05) is 12.4 Å². The standard InChI is InChI=1S/C24H23N3O6S2.ClH/c1-14(28)33-11-17-13-35-23-20(22(30)27(23)21(17)24(31)32)26-18(29)10-15-5-7-16(8-6-15)12-34-19-4-2-3-9-25-19;/h2-9,20,23H,10-13H2,1H3,(H,26,29)(H,31,32);1H. The number of amides is 2. The molecule has 36 heavy (non-hydrogen) atoms. The number of nitrogens with one attached hydrogen (secondary N) is 1. The number of thioether (sulfide) groups is 2. The van der Waals surface area contributed by atoms with E-state index in [0.717, 1.165) is 26.8 Å². The number of benzene rings is 1. The van der Waals surface area contributed by atoms with Gasteiger partial charge in [0.15, 0.2) is 0 Å². The van der Waals surface area contributed by atoms with Crippen LogP contribution in [0.15, 0.2) is 65.0 Å². The minimum atomic E-state index is -1.27. The zero-order chi connectivity index (χ0) is 24.9. The molecule has 0 bridgehead atoms. The van der Waals surface area contributed by atoms with Crippen LogP contribution in [0, 0.1) is 0 Å². The van der Waals surface area contributed by atoms with Gasteiger partial charge in [-0.1, -0.05) is 30.3 Å². The van der Waals surface area contributed by atoms with Crippen molar-refractivity contribution < 1.29 is 29.0 Å². The highest BCUT2D eigenvalue weighted by Crippen LogP contribution is 2.40. The maximum atomic E-state index is 12.7. The van der Waals surface area contributed by atoms with Gasteiger partial charge in [-0.2, -0.15) is 0 Å². The summed E-state index contributed by atoms with van der Waals surface area (Å²) in [6.07, 6.45) is 1.86. The van der Waals surface area contributed by atoms with Crippen molar-refractivity contribution in [2.45, 2.75) is 35.5 Å². The molecule has 0 radical (unpaired) electrons. The minimum Gasteiger partial charge on any atom is -0.477 e. The van der Waals surface area contributed by atoms with Crippen LogP contribution in [0.4, 0.5) is 0 Å². The molecule has 0 saturated carbocycles. The first-order valence-corrected chi connectivity index (χ1v) is 12.8. The molecule has 2 N–H and O–H groups in total. The summed E-state index contributed by atoms with van der Waals surface area (Å²) in [5.74, 6) is -1.56. The SMILES string of the molecule is CC(=O)OCC1=C(C(=O)O)N2C(=O)C(NC(=O)Cc3ccc(CSc4ccccn4)cc3)C2SC1.Cl. The van der Waals surface area contributed by atoms with Gasteiger partial charge in [0, 0.05) is 30.2 Å². The van der Waals surface area contributed by atoms with Gasteiger partial charge in [-0.05, 0) is 23.3 Å². The molecule has 2 aliphatic heterocycles. The fraction of sp³-hybridized carbons (Fsp3) is 0.292. The lowest BCUT2D eigenvalue weighted by atomic mass is 10.0. The summed E-state index contributed by atoms with van der Waals surface area (Å²) in [4.78, 5) is 53.6. The molecule has 0 spiro atoms. The summed E-state index contributed by atoms with van der Waals surface area (Å²) < 4.78 is 4.92. The lowest BCUT2D eigenvalue weighted by molar-refractivity contribution is -0.151. The number of fused-ring (bicyclic) bond motifs is 1. The molecule has 1 saturated heterocycles. The Morgan fingerprint density at radius 1 is 1.19 bits per heavy atom. The van der Waals surface area contributed by atoms with E-state index < -0.39 is 29.3 Å². The molecule has 3 heterocycles. The Morgan fingerprint density at radius 2 is 1.92 bits per heavy atom. The van der Waals surface area contributed by atoms with Crippen LogP contribution in [0.1, 0.15) is 18.1 Å². The van der Waals surface area contributed by atoms with E-state index >= 15 is 0 Å². The number of carbonyl (C=O) groups is 4. The van der Waals surface area contributed by atoms with Crippen molar-refractivity contribution in [3.63, 3.8) is 0 Å². The highest BCUT2D eigenvalue weighted by atomic mass is 35.5. The second kappa shape index (κ2) is 12.3. The molecular formula is C24H24ClN3O6S2. The number of β-lactam (4-membered cyclic amide) rings is 1. The molecule has 190 valence electrons. The summed E-state index contributed by atoms with van der Waals surface area (Å²) in [5, 5.41) is 12.8. The number of hydrogen-bond acceptors (Lipinski definition) is 8. The number of carboxylic acids is 1. The summed E-state index contributed by atoms with van der Waals surface area (Å²) in [6, 6.07) is 12.6. The van der Waals surface area contributed by atoms with Gasteiger partial charge in [-0.3, -0.25) is 19.3 Å². The molecule has 2 amide bonds. The van der Waals surface area contributed by atoms with Crippen LogP contribution >= 0.6 is 35.9 Å². The van der Waals surface area contributed by atoms with Crippen LogP contribution in [-0.2, 0) is 36.1 Å². The van der Waals surface area contributed by atoms with E-state index in [4.69, 9.17) is 4.74 Å². The van der Waals surface area contributed by atoms with Gasteiger partial charge in [-0.25, -0.2) is 9.78 Å². The first kappa shape index (κ1) is 27.6. The molecule has 4 rings (SSSR count). The summed E-state index contributed by atoms with van der Waals surface area (Å²) in [5.41, 5.74) is 2.09. The third-order valence-electron chi connectivity index (χ3n) is 5.43. The zero-order valence-corrected chi connectivity index (χ0v) is 21.7. The topological polar surface area (TPSA) is 126 Å². The first-order chi connectivity index (χ1) is 16.8. The zero-order valence-electron chi connectivity index (χ0n) is 19.2. The quantitative estimate of drug-likeness (QED) is 0.276. The van der Waals surface area contributed by atoms with E-state index in [9.17, 15) is 24.3 Å². The van der Waals surface area contributed by atoms with Crippen LogP contribution in [0.3, 0.4) is 0 Å². The van der Waals surface area contributed by atoms with Crippen molar-refractivity contribution in [3.8, 4) is 0 Å². The second-order valence-corrected chi connectivity index (χ2v) is 10.0. The number of carboxylic acid groups (broad SMARTS) is 1. The molecule has 1 aromatic heterocycles. The first-order valence-electron chi connectivity index (χ1n) is 10.8. The van der Waals surface area contributed by atoms with Crippen molar-refractivity contribution in [2.24, 2.45) is 0 Å². The molecule has 2 aliphatic rings. The van der Waals surface area contributed by atoms with Crippen LogP contribution in [0.5, 0.6) is 0 Å². The average Bonchev–Trinajstić information content (AvgIpc) is 2.85. The number of carbonyl (C=O) groups excluding carboxylic acids is 3. The van der Waals surface area contributed by atoms with Gasteiger partial charge < -0.3 is 15.2 Å². The maximum absolute atomic E-state index is 12.7. The number of rotatable bonds is 9. The van der Waals surface area contributed by atoms with Gasteiger partial charge in [0.25, 0.3) is 5.91 Å². The van der Waals surface area contributed by atoms with Crippen LogP contribution in [-0.4, -0.2) is 62.5 Å². The number of esters is 1. The largest absolute Gasteiger partial charge is 0.477 e. The van der Waals surface area contributed by atoms with Crippen molar-refractivity contribution in [3.05, 3.63) is 71.1 Å². The van der Waals surface area contributed by atoms with Gasteiger partial charge >= 0.3 is 11.9 Å². The van der Waals surface area contributed by atoms with Crippen molar-refractivity contribution in [1.29, 1.82) is 0 Å². The van der Waals surface area contributed by atoms with E-state index in [1.165, 1.54) is 18.7 Å². The van der Waals surface area contributed by atoms with E-state index in [1.54, 1.807) is 18.0 Å². The highest BCUT2D eigenvalue weighted by molar-refractivity contribution is 8.00. The molecule has 1 fully saturated rings. The van der Waals surface area contributed by atoms with Crippen LogP contribution in [0.25, 0.3) is 0 Å². The van der Waals surface area contributed by atoms with Crippen molar-refractivity contribution in [1.82, 2.24) is 15.2 Å². The van der Waals surface area contributed by atoms with E-state index in [2.05, 4.69) is 10.3 Å². The summed E-state index contributed by atoms with van der Waals surface area (Å²) >= 11 is 2.95. The minimum absolute atomic E-state index is 0. The Hall–Kier alpha value is -3.02. The Morgan fingerprint density at radius 3 is 2.56 bits per heavy atom. The lowest BCUT2D eigenvalue weighted by Crippen LogP contribution is -2.70. The Bertz CT molecular complexity index is 1180. The molecule has 2 aromatic rings. The number of nitrogens with zero attached hydrogens (tertiary/aromatic N) is 2. The number of hydrogen-bond donors (Lipinski definition) is 2. The fourth-order valence-electron chi connectivity index (χ4n) is 3.74. The normalized spacial score (nSPS) is 18.5. The number of aromatic nitrogens is 1. The summed E-state index contributed by atoms with van der Waals surface area (Å²) in [6.45, 7) is 1.04. The molecule has 2 unspecified atom stereocenters. The average molecular weight is 550 g/mol. The van der Waals surface area contributed by atoms with E-state index in [1.807, 2.05) is 42.5 Å². The summed E-state index contributed by atoms with van der Waals surface area (Å²) in [7, 11) is 0. The molecule has 1 aromatic carbocycles. The Kier molecular flexibility index (Phi) is 9.41. The number of aliphatic carboxylic acids is 1. The molecule has 9 nitrogen and oxygen atoms in total. The number of halogens is 1. The molecule has 0 aliphatic carbocycles. The van der Waals surface area contributed by atoms with Gasteiger partial charge in [0.05, 0.1) is 11.4 Å². The Labute approximate surface area is 222 Å². The predicted molar refractivity (Wildman–Crippen MR) is 138 cm³/mol. The van der Waals surface area contributed by atoms with Crippen molar-refractivity contribution >= 4 is 59.7 Å². The molecule has 12 heteroatoms.